The number of benzene rings is 1. The Balaban J connectivity index is 2.44. The van der Waals surface area contributed by atoms with Gasteiger partial charge in [-0.15, -0.1) is 0 Å². The maximum absolute atomic E-state index is 5.89. The molecular weight excluding hydrogens is 233 g/mol. The number of halogens is 2. The van der Waals surface area contributed by atoms with E-state index in [0.717, 1.165) is 17.1 Å². The average Bonchev–Trinajstić information content (AvgIpc) is 2.64. The number of aromatic nitrogens is 2. The van der Waals surface area contributed by atoms with E-state index in [1.54, 1.807) is 24.4 Å². The number of aromatic amines is 1. The van der Waals surface area contributed by atoms with Gasteiger partial charge in [0, 0.05) is 34.0 Å². The number of nitrogens with zero attached hydrogens (tertiary/aromatic N) is 1. The van der Waals surface area contributed by atoms with Gasteiger partial charge in [0.1, 0.15) is 5.82 Å². The molecule has 0 aliphatic rings. The second kappa shape index (κ2) is 4.23. The molecule has 0 saturated carbocycles. The Morgan fingerprint density at radius 1 is 1.20 bits per heavy atom. The SMILES string of the molecule is NCc1cnc(-c2cc(Cl)cc(Cl)c2)[nH]1. The van der Waals surface area contributed by atoms with Crippen molar-refractivity contribution in [3.63, 3.8) is 0 Å². The molecule has 0 radical (unpaired) electrons. The highest BCUT2D eigenvalue weighted by molar-refractivity contribution is 6.35. The summed E-state index contributed by atoms with van der Waals surface area (Å²) < 4.78 is 0. The van der Waals surface area contributed by atoms with Crippen LogP contribution in [0.25, 0.3) is 11.4 Å². The summed E-state index contributed by atoms with van der Waals surface area (Å²) in [6, 6.07) is 5.28. The lowest BCUT2D eigenvalue weighted by Gasteiger charge is -1.99. The first-order valence-corrected chi connectivity index (χ1v) is 5.15. The van der Waals surface area contributed by atoms with Gasteiger partial charge >= 0.3 is 0 Å². The summed E-state index contributed by atoms with van der Waals surface area (Å²) in [6.45, 7) is 0.432. The van der Waals surface area contributed by atoms with Crippen LogP contribution >= 0.6 is 23.2 Å². The lowest BCUT2D eigenvalue weighted by atomic mass is 10.2. The summed E-state index contributed by atoms with van der Waals surface area (Å²) in [4.78, 5) is 7.27. The molecule has 0 aliphatic carbocycles. The molecule has 0 fully saturated rings. The first kappa shape index (κ1) is 10.5. The van der Waals surface area contributed by atoms with E-state index in [0.29, 0.717) is 16.6 Å². The fraction of sp³-hybridized carbons (Fsp3) is 0.100. The maximum Gasteiger partial charge on any atom is 0.137 e. The van der Waals surface area contributed by atoms with Gasteiger partial charge in [0.15, 0.2) is 0 Å². The summed E-state index contributed by atoms with van der Waals surface area (Å²) in [5.41, 5.74) is 7.21. The maximum atomic E-state index is 5.89. The fourth-order valence-corrected chi connectivity index (χ4v) is 1.83. The molecule has 15 heavy (non-hydrogen) atoms. The number of nitrogens with one attached hydrogen (secondary N) is 1. The van der Waals surface area contributed by atoms with Gasteiger partial charge in [0.25, 0.3) is 0 Å². The summed E-state index contributed by atoms with van der Waals surface area (Å²) in [5.74, 6) is 0.722. The Kier molecular flexibility index (Phi) is 2.95. The lowest BCUT2D eigenvalue weighted by molar-refractivity contribution is 1.01. The van der Waals surface area contributed by atoms with Crippen LogP contribution in [0, 0.1) is 0 Å². The third-order valence-corrected chi connectivity index (χ3v) is 2.42. The smallest absolute Gasteiger partial charge is 0.137 e. The van der Waals surface area contributed by atoms with Crippen LogP contribution in [0.5, 0.6) is 0 Å². The van der Waals surface area contributed by atoms with E-state index >= 15 is 0 Å². The minimum Gasteiger partial charge on any atom is -0.341 e. The van der Waals surface area contributed by atoms with Crippen molar-refractivity contribution in [1.29, 1.82) is 0 Å². The summed E-state index contributed by atoms with van der Waals surface area (Å²) in [6.07, 6.45) is 1.70. The zero-order chi connectivity index (χ0) is 10.8. The quantitative estimate of drug-likeness (QED) is 0.850. The number of nitrogens with two attached hydrogens (primary N) is 1. The van der Waals surface area contributed by atoms with Gasteiger partial charge < -0.3 is 10.7 Å². The molecule has 1 heterocycles. The highest BCUT2D eigenvalue weighted by atomic mass is 35.5. The van der Waals surface area contributed by atoms with Gasteiger partial charge in [-0.1, -0.05) is 23.2 Å². The van der Waals surface area contributed by atoms with Crippen LogP contribution in [0.1, 0.15) is 5.69 Å². The van der Waals surface area contributed by atoms with Crippen molar-refractivity contribution < 1.29 is 0 Å². The fourth-order valence-electron chi connectivity index (χ4n) is 1.30. The van der Waals surface area contributed by atoms with Crippen molar-refractivity contribution in [1.82, 2.24) is 9.97 Å². The van der Waals surface area contributed by atoms with Crippen molar-refractivity contribution in [2.45, 2.75) is 6.54 Å². The van der Waals surface area contributed by atoms with Gasteiger partial charge in [0.05, 0.1) is 0 Å². The molecule has 0 atom stereocenters. The molecule has 2 aromatic rings. The van der Waals surface area contributed by atoms with Crippen LogP contribution in [0.2, 0.25) is 10.0 Å². The van der Waals surface area contributed by atoms with E-state index in [1.165, 1.54) is 0 Å². The van der Waals surface area contributed by atoms with Crippen molar-refractivity contribution in [2.75, 3.05) is 0 Å². The highest BCUT2D eigenvalue weighted by Crippen LogP contribution is 2.25. The number of hydrogen-bond acceptors (Lipinski definition) is 2. The molecule has 0 unspecified atom stereocenters. The van der Waals surface area contributed by atoms with Gasteiger partial charge in [-0.25, -0.2) is 4.98 Å². The zero-order valence-electron chi connectivity index (χ0n) is 7.80. The number of rotatable bonds is 2. The van der Waals surface area contributed by atoms with Crippen molar-refractivity contribution >= 4 is 23.2 Å². The average molecular weight is 242 g/mol. The van der Waals surface area contributed by atoms with Crippen LogP contribution in [-0.4, -0.2) is 9.97 Å². The Morgan fingerprint density at radius 2 is 1.87 bits per heavy atom. The van der Waals surface area contributed by atoms with Gasteiger partial charge in [-0.05, 0) is 18.2 Å². The van der Waals surface area contributed by atoms with Crippen LogP contribution in [-0.2, 0) is 6.54 Å². The zero-order valence-corrected chi connectivity index (χ0v) is 9.31. The molecule has 0 saturated heterocycles. The third kappa shape index (κ3) is 2.31. The molecule has 1 aromatic heterocycles. The monoisotopic (exact) mass is 241 g/mol. The van der Waals surface area contributed by atoms with Crippen LogP contribution in [0.4, 0.5) is 0 Å². The summed E-state index contributed by atoms with van der Waals surface area (Å²) >= 11 is 11.8. The van der Waals surface area contributed by atoms with Gasteiger partial charge in [-0.2, -0.15) is 0 Å². The summed E-state index contributed by atoms with van der Waals surface area (Å²) in [7, 11) is 0. The van der Waals surface area contributed by atoms with Crippen molar-refractivity contribution in [3.8, 4) is 11.4 Å². The Morgan fingerprint density at radius 3 is 2.40 bits per heavy atom. The van der Waals surface area contributed by atoms with E-state index in [9.17, 15) is 0 Å². The number of H-pyrrole nitrogens is 1. The summed E-state index contributed by atoms with van der Waals surface area (Å²) in [5, 5.41) is 1.17. The molecule has 1 aromatic carbocycles. The molecular formula is C10H9Cl2N3. The molecule has 0 bridgehead atoms. The topological polar surface area (TPSA) is 54.7 Å². The molecule has 5 heteroatoms. The standard InChI is InChI=1S/C10H9Cl2N3/c11-7-1-6(2-8(12)3-7)10-14-5-9(4-13)15-10/h1-3,5H,4,13H2,(H,14,15). The Bertz CT molecular complexity index is 459. The highest BCUT2D eigenvalue weighted by Gasteiger charge is 2.04. The van der Waals surface area contributed by atoms with E-state index in [2.05, 4.69) is 9.97 Å². The van der Waals surface area contributed by atoms with Gasteiger partial charge in [0.2, 0.25) is 0 Å². The molecule has 0 aliphatic heterocycles. The predicted octanol–water partition coefficient (Wildman–Crippen LogP) is 2.84. The Hall–Kier alpha value is -1.03. The van der Waals surface area contributed by atoms with Crippen LogP contribution in [0.3, 0.4) is 0 Å². The number of hydrogen-bond donors (Lipinski definition) is 2. The van der Waals surface area contributed by atoms with Crippen molar-refractivity contribution in [2.24, 2.45) is 5.73 Å². The number of imidazole rings is 1. The normalized spacial score (nSPS) is 10.6. The van der Waals surface area contributed by atoms with Gasteiger partial charge in [-0.3, -0.25) is 0 Å². The first-order chi connectivity index (χ1) is 7.19. The minimum absolute atomic E-state index is 0.432. The molecule has 78 valence electrons. The molecule has 2 rings (SSSR count). The largest absolute Gasteiger partial charge is 0.341 e. The van der Waals surface area contributed by atoms with E-state index in [-0.39, 0.29) is 0 Å². The van der Waals surface area contributed by atoms with Crippen LogP contribution < -0.4 is 5.73 Å². The first-order valence-electron chi connectivity index (χ1n) is 4.39. The molecule has 0 amide bonds. The molecule has 0 spiro atoms. The third-order valence-electron chi connectivity index (χ3n) is 1.98. The molecule has 3 N–H and O–H groups in total. The lowest BCUT2D eigenvalue weighted by Crippen LogP contribution is -1.95. The van der Waals surface area contributed by atoms with Crippen LogP contribution in [0.15, 0.2) is 24.4 Å². The second-order valence-electron chi connectivity index (χ2n) is 3.12. The van der Waals surface area contributed by atoms with E-state index in [4.69, 9.17) is 28.9 Å². The minimum atomic E-state index is 0.432. The van der Waals surface area contributed by atoms with E-state index in [1.807, 2.05) is 0 Å². The Labute approximate surface area is 97.2 Å². The molecule has 3 nitrogen and oxygen atoms in total. The van der Waals surface area contributed by atoms with E-state index < -0.39 is 0 Å². The second-order valence-corrected chi connectivity index (χ2v) is 3.99. The van der Waals surface area contributed by atoms with Crippen molar-refractivity contribution in [3.05, 3.63) is 40.1 Å². The predicted molar refractivity (Wildman–Crippen MR) is 61.9 cm³/mol.